The first kappa shape index (κ1) is 22.1. The molecule has 0 unspecified atom stereocenters. The molecule has 3 aromatic heterocycles. The Hall–Kier alpha value is -3.69. The first-order chi connectivity index (χ1) is 16.3. The van der Waals surface area contributed by atoms with Gasteiger partial charge in [0.2, 0.25) is 0 Å². The molecule has 0 aliphatic heterocycles. The predicted molar refractivity (Wildman–Crippen MR) is 119 cm³/mol. The number of anilines is 1. The summed E-state index contributed by atoms with van der Waals surface area (Å²) in [6, 6.07) is 7.55. The highest BCUT2D eigenvalue weighted by Crippen LogP contribution is 2.34. The number of amides is 1. The normalized spacial score (nSPS) is 18.8. The number of imidazole rings is 1. The lowest BCUT2D eigenvalue weighted by molar-refractivity contribution is -0.140. The van der Waals surface area contributed by atoms with Crippen LogP contribution in [-0.4, -0.2) is 32.4 Å². The van der Waals surface area contributed by atoms with E-state index in [1.807, 2.05) is 0 Å². The molecule has 34 heavy (non-hydrogen) atoms. The number of carbonyl (C=O) groups excluding carboxylic acids is 1. The summed E-state index contributed by atoms with van der Waals surface area (Å²) in [6.07, 6.45) is 3.23. The SMILES string of the molecule is O=C(N[C@@H]1CCC[C@H](Nc2cc(C(F)(F)F)nc3ccc(F)cc23)C1)c1ccn2cncc2c1. The van der Waals surface area contributed by atoms with Crippen LogP contribution >= 0.6 is 0 Å². The van der Waals surface area contributed by atoms with Gasteiger partial charge in [-0.15, -0.1) is 0 Å². The molecule has 1 saturated carbocycles. The molecule has 1 aromatic carbocycles. The summed E-state index contributed by atoms with van der Waals surface area (Å²) in [7, 11) is 0. The quantitative estimate of drug-likeness (QED) is 0.402. The van der Waals surface area contributed by atoms with Gasteiger partial charge in [0.05, 0.1) is 23.6 Å². The maximum absolute atomic E-state index is 13.8. The van der Waals surface area contributed by atoms with Crippen molar-refractivity contribution in [1.82, 2.24) is 19.7 Å². The number of nitrogens with one attached hydrogen (secondary N) is 2. The van der Waals surface area contributed by atoms with Gasteiger partial charge in [0.1, 0.15) is 11.5 Å². The van der Waals surface area contributed by atoms with Crippen molar-refractivity contribution in [2.24, 2.45) is 0 Å². The zero-order valence-electron chi connectivity index (χ0n) is 17.9. The largest absolute Gasteiger partial charge is 0.433 e. The van der Waals surface area contributed by atoms with Crippen LogP contribution in [0.5, 0.6) is 0 Å². The molecule has 176 valence electrons. The number of hydrogen-bond acceptors (Lipinski definition) is 4. The van der Waals surface area contributed by atoms with E-state index in [-0.39, 0.29) is 34.6 Å². The highest BCUT2D eigenvalue weighted by molar-refractivity contribution is 5.95. The Balaban J connectivity index is 1.34. The van der Waals surface area contributed by atoms with Gasteiger partial charge in [-0.05, 0) is 62.1 Å². The van der Waals surface area contributed by atoms with E-state index in [0.29, 0.717) is 18.4 Å². The fourth-order valence-electron chi connectivity index (χ4n) is 4.46. The van der Waals surface area contributed by atoms with Gasteiger partial charge in [0.15, 0.2) is 0 Å². The molecule has 4 aromatic rings. The molecule has 6 nitrogen and oxygen atoms in total. The second-order valence-corrected chi connectivity index (χ2v) is 8.53. The Morgan fingerprint density at radius 3 is 2.74 bits per heavy atom. The van der Waals surface area contributed by atoms with Gasteiger partial charge >= 0.3 is 6.18 Å². The Bertz CT molecular complexity index is 1370. The van der Waals surface area contributed by atoms with E-state index in [0.717, 1.165) is 30.5 Å². The molecule has 1 amide bonds. The van der Waals surface area contributed by atoms with Crippen LogP contribution in [0.25, 0.3) is 16.4 Å². The van der Waals surface area contributed by atoms with E-state index in [1.54, 1.807) is 35.3 Å². The van der Waals surface area contributed by atoms with Crippen LogP contribution in [0.2, 0.25) is 0 Å². The summed E-state index contributed by atoms with van der Waals surface area (Å²) in [5.74, 6) is -0.772. The average Bonchev–Trinajstić information content (AvgIpc) is 3.27. The summed E-state index contributed by atoms with van der Waals surface area (Å²) in [5.41, 5.74) is 0.515. The zero-order chi connectivity index (χ0) is 23.9. The van der Waals surface area contributed by atoms with Gasteiger partial charge in [-0.2, -0.15) is 13.2 Å². The van der Waals surface area contributed by atoms with Crippen molar-refractivity contribution in [1.29, 1.82) is 0 Å². The zero-order valence-corrected chi connectivity index (χ0v) is 17.9. The van der Waals surface area contributed by atoms with Crippen LogP contribution in [-0.2, 0) is 6.18 Å². The highest BCUT2D eigenvalue weighted by Gasteiger charge is 2.34. The minimum atomic E-state index is -4.63. The summed E-state index contributed by atoms with van der Waals surface area (Å²) in [4.78, 5) is 20.5. The smallest absolute Gasteiger partial charge is 0.382 e. The van der Waals surface area contributed by atoms with Crippen molar-refractivity contribution >= 4 is 28.0 Å². The lowest BCUT2D eigenvalue weighted by Crippen LogP contribution is -2.41. The monoisotopic (exact) mass is 471 g/mol. The predicted octanol–water partition coefficient (Wildman–Crippen LogP) is 5.19. The first-order valence-corrected chi connectivity index (χ1v) is 10.9. The Labute approximate surface area is 192 Å². The molecule has 2 N–H and O–H groups in total. The molecule has 1 aliphatic carbocycles. The fraction of sp³-hybridized carbons (Fsp3) is 0.292. The van der Waals surface area contributed by atoms with Gasteiger partial charge in [-0.3, -0.25) is 4.79 Å². The van der Waals surface area contributed by atoms with Crippen LogP contribution in [0.4, 0.5) is 23.2 Å². The molecule has 10 heteroatoms. The highest BCUT2D eigenvalue weighted by atomic mass is 19.4. The molecule has 0 spiro atoms. The topological polar surface area (TPSA) is 71.3 Å². The third-order valence-electron chi connectivity index (χ3n) is 6.11. The van der Waals surface area contributed by atoms with E-state index in [2.05, 4.69) is 20.6 Å². The molecule has 0 radical (unpaired) electrons. The van der Waals surface area contributed by atoms with E-state index >= 15 is 0 Å². The van der Waals surface area contributed by atoms with Gasteiger partial charge < -0.3 is 15.0 Å². The molecule has 3 heterocycles. The molecule has 5 rings (SSSR count). The molecule has 1 aliphatic rings. The lowest BCUT2D eigenvalue weighted by Gasteiger charge is -2.31. The summed E-state index contributed by atoms with van der Waals surface area (Å²) in [6.45, 7) is 0. The number of carbonyl (C=O) groups is 1. The van der Waals surface area contributed by atoms with Gasteiger partial charge in [0.25, 0.3) is 5.91 Å². The summed E-state index contributed by atoms with van der Waals surface area (Å²) in [5, 5.41) is 6.47. The van der Waals surface area contributed by atoms with Crippen LogP contribution < -0.4 is 10.6 Å². The minimum Gasteiger partial charge on any atom is -0.382 e. The first-order valence-electron chi connectivity index (χ1n) is 10.9. The fourth-order valence-corrected chi connectivity index (χ4v) is 4.46. The Morgan fingerprint density at radius 1 is 1.09 bits per heavy atom. The van der Waals surface area contributed by atoms with Gasteiger partial charge in [-0.25, -0.2) is 14.4 Å². The number of benzene rings is 1. The van der Waals surface area contributed by atoms with Crippen LogP contribution in [0, 0.1) is 5.82 Å². The minimum absolute atomic E-state index is 0.0645. The van der Waals surface area contributed by atoms with Crippen molar-refractivity contribution in [2.45, 2.75) is 43.9 Å². The summed E-state index contributed by atoms with van der Waals surface area (Å²) >= 11 is 0. The second kappa shape index (κ2) is 8.58. The Morgan fingerprint density at radius 2 is 1.91 bits per heavy atom. The maximum Gasteiger partial charge on any atom is 0.433 e. The van der Waals surface area contributed by atoms with E-state index in [1.165, 1.54) is 12.1 Å². The van der Waals surface area contributed by atoms with Crippen molar-refractivity contribution in [3.8, 4) is 0 Å². The van der Waals surface area contributed by atoms with Crippen molar-refractivity contribution in [3.63, 3.8) is 0 Å². The molecular weight excluding hydrogens is 450 g/mol. The van der Waals surface area contributed by atoms with Crippen molar-refractivity contribution in [3.05, 3.63) is 72.2 Å². The second-order valence-electron chi connectivity index (χ2n) is 8.53. The molecule has 0 saturated heterocycles. The summed E-state index contributed by atoms with van der Waals surface area (Å²) < 4.78 is 55.8. The number of aromatic nitrogens is 3. The standard InChI is InChI=1S/C24H21F4N5O/c25-15-4-5-20-19(9-15)21(11-22(32-20)24(26,27)28)30-16-2-1-3-17(10-16)31-23(34)14-6-7-33-13-29-12-18(33)8-14/h4-9,11-13,16-17H,1-3,10H2,(H,30,32)(H,31,34)/t16-,17+/m0/s1. The van der Waals surface area contributed by atoms with Gasteiger partial charge in [0, 0.05) is 34.9 Å². The van der Waals surface area contributed by atoms with Crippen LogP contribution in [0.1, 0.15) is 41.7 Å². The average molecular weight is 471 g/mol. The molecule has 1 fully saturated rings. The van der Waals surface area contributed by atoms with Crippen molar-refractivity contribution < 1.29 is 22.4 Å². The number of fused-ring (bicyclic) bond motifs is 2. The third-order valence-corrected chi connectivity index (χ3v) is 6.11. The molecular formula is C24H21F4N5O. The number of alkyl halides is 3. The number of nitrogens with zero attached hydrogens (tertiary/aromatic N) is 3. The van der Waals surface area contributed by atoms with E-state index in [4.69, 9.17) is 0 Å². The molecule has 0 bridgehead atoms. The van der Waals surface area contributed by atoms with E-state index < -0.39 is 17.7 Å². The lowest BCUT2D eigenvalue weighted by atomic mass is 9.90. The van der Waals surface area contributed by atoms with Gasteiger partial charge in [-0.1, -0.05) is 0 Å². The van der Waals surface area contributed by atoms with E-state index in [9.17, 15) is 22.4 Å². The number of pyridine rings is 2. The van der Waals surface area contributed by atoms with Crippen molar-refractivity contribution in [2.75, 3.05) is 5.32 Å². The molecule has 2 atom stereocenters. The van der Waals surface area contributed by atoms with Crippen LogP contribution in [0.3, 0.4) is 0 Å². The number of halogens is 4. The Kier molecular flexibility index (Phi) is 5.59. The number of rotatable bonds is 4. The number of hydrogen-bond donors (Lipinski definition) is 2. The maximum atomic E-state index is 13.8. The van der Waals surface area contributed by atoms with Crippen LogP contribution in [0.15, 0.2) is 55.1 Å². The third kappa shape index (κ3) is 4.52.